The molecule has 0 fully saturated rings. The van der Waals surface area contributed by atoms with Gasteiger partial charge in [0.05, 0.1) is 23.6 Å². The summed E-state index contributed by atoms with van der Waals surface area (Å²) in [5.41, 5.74) is 5.92. The van der Waals surface area contributed by atoms with Crippen molar-refractivity contribution in [2.75, 3.05) is 5.32 Å². The molecule has 25 heavy (non-hydrogen) atoms. The maximum absolute atomic E-state index is 12.3. The van der Waals surface area contributed by atoms with Crippen LogP contribution >= 0.6 is 0 Å². The van der Waals surface area contributed by atoms with Crippen LogP contribution in [0.3, 0.4) is 0 Å². The molecule has 0 saturated heterocycles. The molecule has 1 aromatic carbocycles. The molecule has 0 spiro atoms. The number of hydrogen-bond donors (Lipinski definition) is 1. The molecule has 1 N–H and O–H groups in total. The van der Waals surface area contributed by atoms with E-state index < -0.39 is 0 Å². The summed E-state index contributed by atoms with van der Waals surface area (Å²) in [6.45, 7) is 8.77. The van der Waals surface area contributed by atoms with Crippen LogP contribution < -0.4 is 5.32 Å². The summed E-state index contributed by atoms with van der Waals surface area (Å²) in [6, 6.07) is 10.2. The summed E-state index contributed by atoms with van der Waals surface area (Å²) in [5, 5.41) is 11.7. The Morgan fingerprint density at radius 3 is 2.60 bits per heavy atom. The summed E-state index contributed by atoms with van der Waals surface area (Å²) in [6.07, 6.45) is 1.69. The molecule has 3 rings (SSSR count). The fraction of sp³-hybridized carbons (Fsp3) is 0.316. The lowest BCUT2D eigenvalue weighted by atomic mass is 10.1. The number of rotatable bonds is 5. The fourth-order valence-electron chi connectivity index (χ4n) is 2.89. The predicted molar refractivity (Wildman–Crippen MR) is 97.6 cm³/mol. The normalized spacial score (nSPS) is 10.9. The summed E-state index contributed by atoms with van der Waals surface area (Å²) < 4.78 is 3.61. The van der Waals surface area contributed by atoms with Gasteiger partial charge in [0, 0.05) is 11.9 Å². The molecule has 0 atom stereocenters. The molecule has 3 aromatic rings. The molecule has 0 aliphatic carbocycles. The molecule has 0 aliphatic heterocycles. The third-order valence-electron chi connectivity index (χ3n) is 4.28. The van der Waals surface area contributed by atoms with Crippen molar-refractivity contribution in [2.24, 2.45) is 0 Å². The highest BCUT2D eigenvalue weighted by atomic mass is 16.2. The van der Waals surface area contributed by atoms with Crippen molar-refractivity contribution in [2.45, 2.75) is 40.8 Å². The smallest absolute Gasteiger partial charge is 0.246 e. The van der Waals surface area contributed by atoms with E-state index in [0.717, 1.165) is 22.8 Å². The van der Waals surface area contributed by atoms with E-state index in [2.05, 4.69) is 40.6 Å². The van der Waals surface area contributed by atoms with E-state index in [-0.39, 0.29) is 12.5 Å². The fourth-order valence-corrected chi connectivity index (χ4v) is 2.89. The van der Waals surface area contributed by atoms with Crippen molar-refractivity contribution in [1.29, 1.82) is 0 Å². The number of amides is 1. The number of benzene rings is 1. The molecule has 2 heterocycles. The molecular weight excluding hydrogens is 314 g/mol. The quantitative estimate of drug-likeness (QED) is 0.778. The minimum atomic E-state index is -0.104. The zero-order valence-electron chi connectivity index (χ0n) is 15.1. The molecule has 0 saturated carbocycles. The van der Waals surface area contributed by atoms with E-state index in [1.54, 1.807) is 10.9 Å². The van der Waals surface area contributed by atoms with Crippen molar-refractivity contribution in [3.05, 3.63) is 64.7 Å². The van der Waals surface area contributed by atoms with Crippen LogP contribution in [0.4, 0.5) is 5.69 Å². The Bertz CT molecular complexity index is 906. The van der Waals surface area contributed by atoms with Crippen molar-refractivity contribution in [3.63, 3.8) is 0 Å². The van der Waals surface area contributed by atoms with Crippen molar-refractivity contribution in [3.8, 4) is 0 Å². The first-order valence-corrected chi connectivity index (χ1v) is 8.32. The molecule has 0 unspecified atom stereocenters. The number of aromatic nitrogens is 4. The maximum atomic E-state index is 12.3. The predicted octanol–water partition coefficient (Wildman–Crippen LogP) is 3.00. The Morgan fingerprint density at radius 2 is 1.92 bits per heavy atom. The third-order valence-corrected chi connectivity index (χ3v) is 4.28. The van der Waals surface area contributed by atoms with Crippen LogP contribution in [0.15, 0.2) is 36.5 Å². The number of nitrogens with one attached hydrogen (secondary N) is 1. The third kappa shape index (κ3) is 3.79. The highest BCUT2D eigenvalue weighted by molar-refractivity contribution is 5.91. The second-order valence-electron chi connectivity index (χ2n) is 6.37. The van der Waals surface area contributed by atoms with Gasteiger partial charge in [0.1, 0.15) is 6.54 Å². The van der Waals surface area contributed by atoms with Gasteiger partial charge in [-0.05, 0) is 39.3 Å². The van der Waals surface area contributed by atoms with Gasteiger partial charge in [-0.25, -0.2) is 0 Å². The zero-order valence-corrected chi connectivity index (χ0v) is 15.1. The van der Waals surface area contributed by atoms with Crippen LogP contribution in [0.25, 0.3) is 0 Å². The van der Waals surface area contributed by atoms with E-state index in [9.17, 15) is 4.79 Å². The van der Waals surface area contributed by atoms with Gasteiger partial charge in [0.25, 0.3) is 0 Å². The van der Waals surface area contributed by atoms with E-state index in [1.807, 2.05) is 37.6 Å². The van der Waals surface area contributed by atoms with Gasteiger partial charge in [-0.1, -0.05) is 29.8 Å². The highest BCUT2D eigenvalue weighted by Gasteiger charge is 2.15. The van der Waals surface area contributed by atoms with Crippen molar-refractivity contribution in [1.82, 2.24) is 19.6 Å². The van der Waals surface area contributed by atoms with Gasteiger partial charge < -0.3 is 5.32 Å². The number of hydrogen-bond acceptors (Lipinski definition) is 3. The first kappa shape index (κ1) is 17.0. The minimum absolute atomic E-state index is 0.104. The minimum Gasteiger partial charge on any atom is -0.321 e. The lowest BCUT2D eigenvalue weighted by Gasteiger charge is -2.08. The van der Waals surface area contributed by atoms with Crippen LogP contribution in [-0.2, 0) is 17.9 Å². The molecule has 6 nitrogen and oxygen atoms in total. The Hall–Kier alpha value is -2.89. The number of anilines is 1. The van der Waals surface area contributed by atoms with E-state index >= 15 is 0 Å². The van der Waals surface area contributed by atoms with Crippen molar-refractivity contribution < 1.29 is 4.79 Å². The lowest BCUT2D eigenvalue weighted by molar-refractivity contribution is -0.116. The average Bonchev–Trinajstić information content (AvgIpc) is 3.06. The van der Waals surface area contributed by atoms with Crippen LogP contribution in [0.5, 0.6) is 0 Å². The van der Waals surface area contributed by atoms with Crippen LogP contribution in [0.1, 0.15) is 28.2 Å². The van der Waals surface area contributed by atoms with Crippen LogP contribution in [0.2, 0.25) is 0 Å². The van der Waals surface area contributed by atoms with Gasteiger partial charge in [-0.3, -0.25) is 14.2 Å². The Labute approximate surface area is 147 Å². The Balaban J connectivity index is 1.75. The molecule has 2 aromatic heterocycles. The molecule has 0 radical (unpaired) electrons. The number of carbonyl (C=O) groups excluding carboxylic acids is 1. The standard InChI is InChI=1S/C19H23N5O/c1-13-6-5-7-17(10-13)11-24-16(4)19(15(3)22-24)21-18(25)12-23-14(2)8-9-20-23/h5-10H,11-12H2,1-4H3,(H,21,25). The number of nitrogens with zero attached hydrogens (tertiary/aromatic N) is 4. The van der Waals surface area contributed by atoms with E-state index in [1.165, 1.54) is 11.1 Å². The first-order chi connectivity index (χ1) is 11.9. The Kier molecular flexibility index (Phi) is 4.70. The summed E-state index contributed by atoms with van der Waals surface area (Å²) in [7, 11) is 0. The Morgan fingerprint density at radius 1 is 1.12 bits per heavy atom. The largest absolute Gasteiger partial charge is 0.321 e. The van der Waals surface area contributed by atoms with Gasteiger partial charge in [-0.15, -0.1) is 0 Å². The molecule has 0 bridgehead atoms. The first-order valence-electron chi connectivity index (χ1n) is 8.32. The SMILES string of the molecule is Cc1cccc(Cn2nc(C)c(NC(=O)Cn3nccc3C)c2C)c1. The summed E-state index contributed by atoms with van der Waals surface area (Å²) >= 11 is 0. The maximum Gasteiger partial charge on any atom is 0.246 e. The van der Waals surface area contributed by atoms with Gasteiger partial charge in [-0.2, -0.15) is 10.2 Å². The molecular formula is C19H23N5O. The van der Waals surface area contributed by atoms with E-state index in [0.29, 0.717) is 6.54 Å². The molecule has 1 amide bonds. The lowest BCUT2D eigenvalue weighted by Crippen LogP contribution is -2.21. The second kappa shape index (κ2) is 6.93. The van der Waals surface area contributed by atoms with Crippen molar-refractivity contribution >= 4 is 11.6 Å². The average molecular weight is 337 g/mol. The number of carbonyl (C=O) groups is 1. The second-order valence-corrected chi connectivity index (χ2v) is 6.37. The highest BCUT2D eigenvalue weighted by Crippen LogP contribution is 2.20. The van der Waals surface area contributed by atoms with Gasteiger partial charge in [0.2, 0.25) is 5.91 Å². The zero-order chi connectivity index (χ0) is 18.0. The summed E-state index contributed by atoms with van der Waals surface area (Å²) in [4.78, 5) is 12.3. The van der Waals surface area contributed by atoms with E-state index in [4.69, 9.17) is 0 Å². The number of aryl methyl sites for hydroxylation is 3. The molecule has 130 valence electrons. The topological polar surface area (TPSA) is 64.7 Å². The molecule has 6 heteroatoms. The summed E-state index contributed by atoms with van der Waals surface area (Å²) in [5.74, 6) is -0.104. The molecule has 0 aliphatic rings. The van der Waals surface area contributed by atoms with Gasteiger partial charge in [0.15, 0.2) is 0 Å². The monoisotopic (exact) mass is 337 g/mol. The van der Waals surface area contributed by atoms with Gasteiger partial charge >= 0.3 is 0 Å². The van der Waals surface area contributed by atoms with Crippen LogP contribution in [-0.4, -0.2) is 25.5 Å². The van der Waals surface area contributed by atoms with Crippen LogP contribution in [0, 0.1) is 27.7 Å².